The topological polar surface area (TPSA) is 102 Å². The maximum Gasteiger partial charge on any atom is 0.244 e. The number of ether oxygens (including phenoxy) is 2. The van der Waals surface area contributed by atoms with Crippen molar-refractivity contribution in [2.24, 2.45) is 0 Å². The van der Waals surface area contributed by atoms with E-state index in [1.807, 2.05) is 0 Å². The van der Waals surface area contributed by atoms with Crippen LogP contribution in [0, 0.1) is 0 Å². The third-order valence-electron chi connectivity index (χ3n) is 3.42. The minimum absolute atomic E-state index is 0.0139. The van der Waals surface area contributed by atoms with Gasteiger partial charge in [0.1, 0.15) is 16.4 Å². The van der Waals surface area contributed by atoms with Gasteiger partial charge >= 0.3 is 0 Å². The monoisotopic (exact) mass is 394 g/mol. The number of hydrogen-bond donors (Lipinski definition) is 1. The van der Waals surface area contributed by atoms with Gasteiger partial charge in [-0.3, -0.25) is 0 Å². The summed E-state index contributed by atoms with van der Waals surface area (Å²) in [5.41, 5.74) is -0.656. The average molecular weight is 395 g/mol. The standard InChI is InChI=1S/C15H26N2O6S2/c1-15(2,3)17(24(6,18)19)10-9-16-25(20,21)14-8-7-12(22-4)11-13(14)23-5/h7-8,11,16H,9-10H2,1-6H3. The van der Waals surface area contributed by atoms with Gasteiger partial charge in [0, 0.05) is 24.7 Å². The third-order valence-corrected chi connectivity index (χ3v) is 6.45. The molecular formula is C15H26N2O6S2. The lowest BCUT2D eigenvalue weighted by molar-refractivity contribution is 0.254. The molecule has 0 aliphatic heterocycles. The van der Waals surface area contributed by atoms with E-state index in [2.05, 4.69) is 4.72 Å². The summed E-state index contributed by atoms with van der Waals surface area (Å²) in [5, 5.41) is 0. The number of sulfonamides is 2. The predicted molar refractivity (Wildman–Crippen MR) is 96.0 cm³/mol. The van der Waals surface area contributed by atoms with Crippen LogP contribution in [-0.2, 0) is 20.0 Å². The predicted octanol–water partition coefficient (Wildman–Crippen LogP) is 1.04. The Morgan fingerprint density at radius 2 is 1.68 bits per heavy atom. The third kappa shape index (κ3) is 5.84. The van der Waals surface area contributed by atoms with E-state index in [9.17, 15) is 16.8 Å². The number of hydrogen-bond acceptors (Lipinski definition) is 6. The molecule has 0 aliphatic carbocycles. The first kappa shape index (κ1) is 21.7. The molecule has 0 fully saturated rings. The van der Waals surface area contributed by atoms with Crippen molar-refractivity contribution in [1.29, 1.82) is 0 Å². The first-order chi connectivity index (χ1) is 11.3. The Bertz CT molecular complexity index is 798. The van der Waals surface area contributed by atoms with Crippen LogP contribution in [0.2, 0.25) is 0 Å². The van der Waals surface area contributed by atoms with Gasteiger partial charge in [-0.2, -0.15) is 4.31 Å². The molecule has 1 aromatic carbocycles. The number of nitrogens with zero attached hydrogens (tertiary/aromatic N) is 1. The summed E-state index contributed by atoms with van der Waals surface area (Å²) in [6.07, 6.45) is 1.10. The molecule has 10 heteroatoms. The largest absolute Gasteiger partial charge is 0.497 e. The normalized spacial score (nSPS) is 13.1. The van der Waals surface area contributed by atoms with E-state index in [0.717, 1.165) is 6.26 Å². The number of rotatable bonds is 8. The Hall–Kier alpha value is -1.36. The maximum atomic E-state index is 12.5. The van der Waals surface area contributed by atoms with Crippen molar-refractivity contribution in [1.82, 2.24) is 9.03 Å². The van der Waals surface area contributed by atoms with E-state index in [1.54, 1.807) is 20.8 Å². The molecule has 0 unspecified atom stereocenters. The molecule has 0 saturated carbocycles. The Labute approximate surface area is 150 Å². The van der Waals surface area contributed by atoms with Crippen molar-refractivity contribution in [3.05, 3.63) is 18.2 Å². The Morgan fingerprint density at radius 1 is 1.08 bits per heavy atom. The van der Waals surface area contributed by atoms with Gasteiger partial charge in [0.05, 0.1) is 20.5 Å². The highest BCUT2D eigenvalue weighted by Crippen LogP contribution is 2.28. The molecule has 144 valence electrons. The van der Waals surface area contributed by atoms with Crippen LogP contribution in [0.3, 0.4) is 0 Å². The van der Waals surface area contributed by atoms with Crippen LogP contribution in [-0.4, -0.2) is 60.2 Å². The Kier molecular flexibility index (Phi) is 6.85. The second-order valence-electron chi connectivity index (χ2n) is 6.42. The van der Waals surface area contributed by atoms with E-state index >= 15 is 0 Å². The van der Waals surface area contributed by atoms with Gasteiger partial charge in [-0.15, -0.1) is 0 Å². The average Bonchev–Trinajstić information content (AvgIpc) is 2.48. The van der Waals surface area contributed by atoms with E-state index < -0.39 is 25.6 Å². The maximum absolute atomic E-state index is 12.5. The van der Waals surface area contributed by atoms with Gasteiger partial charge in [-0.05, 0) is 32.9 Å². The fourth-order valence-electron chi connectivity index (χ4n) is 2.35. The van der Waals surface area contributed by atoms with E-state index in [-0.39, 0.29) is 23.7 Å². The molecule has 0 atom stereocenters. The molecular weight excluding hydrogens is 368 g/mol. The molecule has 0 radical (unpaired) electrons. The van der Waals surface area contributed by atoms with Gasteiger partial charge in [0.25, 0.3) is 0 Å². The van der Waals surface area contributed by atoms with Crippen molar-refractivity contribution >= 4 is 20.0 Å². The molecule has 0 spiro atoms. The highest BCUT2D eigenvalue weighted by molar-refractivity contribution is 7.89. The first-order valence-electron chi connectivity index (χ1n) is 7.52. The lowest BCUT2D eigenvalue weighted by Gasteiger charge is -2.33. The van der Waals surface area contributed by atoms with Crippen LogP contribution in [0.25, 0.3) is 0 Å². The summed E-state index contributed by atoms with van der Waals surface area (Å²) in [4.78, 5) is -0.0440. The molecule has 0 aliphatic rings. The number of nitrogens with one attached hydrogen (secondary N) is 1. The van der Waals surface area contributed by atoms with Crippen molar-refractivity contribution in [3.8, 4) is 11.5 Å². The molecule has 1 rings (SSSR count). The second kappa shape index (κ2) is 7.90. The van der Waals surface area contributed by atoms with E-state index in [0.29, 0.717) is 5.75 Å². The van der Waals surface area contributed by atoms with Crippen LogP contribution in [0.15, 0.2) is 23.1 Å². The molecule has 25 heavy (non-hydrogen) atoms. The van der Waals surface area contributed by atoms with Gasteiger partial charge in [0.15, 0.2) is 0 Å². The minimum atomic E-state index is -3.87. The van der Waals surface area contributed by atoms with Crippen molar-refractivity contribution in [2.75, 3.05) is 33.6 Å². The summed E-state index contributed by atoms with van der Waals surface area (Å²) in [5.74, 6) is 0.606. The Balaban J connectivity index is 2.96. The van der Waals surface area contributed by atoms with E-state index in [4.69, 9.17) is 9.47 Å². The number of benzene rings is 1. The van der Waals surface area contributed by atoms with Crippen molar-refractivity contribution < 1.29 is 26.3 Å². The second-order valence-corrected chi connectivity index (χ2v) is 10.1. The van der Waals surface area contributed by atoms with Gasteiger partial charge in [0.2, 0.25) is 20.0 Å². The SMILES string of the molecule is COc1ccc(S(=O)(=O)NCCN(C(C)(C)C)S(C)(=O)=O)c(OC)c1. The molecule has 1 aromatic rings. The minimum Gasteiger partial charge on any atom is -0.497 e. The van der Waals surface area contributed by atoms with Crippen LogP contribution < -0.4 is 14.2 Å². The zero-order chi connectivity index (χ0) is 19.5. The van der Waals surface area contributed by atoms with Gasteiger partial charge in [-0.25, -0.2) is 21.6 Å². The molecule has 8 nitrogen and oxygen atoms in total. The highest BCUT2D eigenvalue weighted by Gasteiger charge is 2.29. The van der Waals surface area contributed by atoms with Crippen LogP contribution >= 0.6 is 0 Å². The highest BCUT2D eigenvalue weighted by atomic mass is 32.2. The lowest BCUT2D eigenvalue weighted by Crippen LogP contribution is -2.48. The molecule has 1 N–H and O–H groups in total. The molecule has 0 bridgehead atoms. The summed E-state index contributed by atoms with van der Waals surface area (Å²) < 4.78 is 62.6. The Morgan fingerprint density at radius 3 is 2.12 bits per heavy atom. The van der Waals surface area contributed by atoms with Crippen LogP contribution in [0.5, 0.6) is 11.5 Å². The van der Waals surface area contributed by atoms with Gasteiger partial charge in [-0.1, -0.05) is 0 Å². The van der Waals surface area contributed by atoms with Crippen LogP contribution in [0.4, 0.5) is 0 Å². The molecule has 0 amide bonds. The first-order valence-corrected chi connectivity index (χ1v) is 10.9. The summed E-state index contributed by atoms with van der Waals surface area (Å²) in [6, 6.07) is 4.35. The molecule has 0 heterocycles. The summed E-state index contributed by atoms with van der Waals surface area (Å²) >= 11 is 0. The lowest BCUT2D eigenvalue weighted by atomic mass is 10.1. The fraction of sp³-hybridized carbons (Fsp3) is 0.600. The molecule has 0 aromatic heterocycles. The van der Waals surface area contributed by atoms with Crippen molar-refractivity contribution in [3.63, 3.8) is 0 Å². The van der Waals surface area contributed by atoms with E-state index in [1.165, 1.54) is 36.7 Å². The van der Waals surface area contributed by atoms with Gasteiger partial charge < -0.3 is 9.47 Å². The van der Waals surface area contributed by atoms with Crippen molar-refractivity contribution in [2.45, 2.75) is 31.2 Å². The smallest absolute Gasteiger partial charge is 0.244 e. The van der Waals surface area contributed by atoms with Crippen LogP contribution in [0.1, 0.15) is 20.8 Å². The zero-order valence-electron chi connectivity index (χ0n) is 15.4. The summed E-state index contributed by atoms with van der Waals surface area (Å²) in [7, 11) is -4.51. The fourth-order valence-corrected chi connectivity index (χ4v) is 4.94. The zero-order valence-corrected chi connectivity index (χ0v) is 17.0. The summed E-state index contributed by atoms with van der Waals surface area (Å²) in [6.45, 7) is 5.18. The molecule has 0 saturated heterocycles. The number of methoxy groups -OCH3 is 2. The quantitative estimate of drug-likeness (QED) is 0.707.